The molecule has 2 saturated heterocycles. The number of piperidine rings is 1. The third kappa shape index (κ3) is 3.40. The van der Waals surface area contributed by atoms with Gasteiger partial charge in [-0.3, -0.25) is 14.0 Å². The van der Waals surface area contributed by atoms with Gasteiger partial charge in [-0.05, 0) is 55.6 Å². The Kier molecular flexibility index (Phi) is 5.03. The van der Waals surface area contributed by atoms with Crippen LogP contribution in [0.25, 0.3) is 0 Å². The summed E-state index contributed by atoms with van der Waals surface area (Å²) in [6.45, 7) is 3.89. The van der Waals surface area contributed by atoms with Crippen LogP contribution < -0.4 is 4.31 Å². The Morgan fingerprint density at radius 3 is 2.70 bits per heavy atom. The molecular weight excluding hydrogens is 398 g/mol. The molecule has 2 aromatic rings. The standard InChI is InChI=1S/C23H27N3O3S/c27-23(25-15-14-24-12-4-3-8-20(24)17-25)19-7-5-9-21(16-19)30(28,29)26-13-11-18-6-1-2-10-22(18)26/h1-2,5-7,9-10,16,20H,3-4,8,11-15,17H2. The summed E-state index contributed by atoms with van der Waals surface area (Å²) >= 11 is 0. The van der Waals surface area contributed by atoms with E-state index in [1.807, 2.05) is 29.2 Å². The number of hydrogen-bond acceptors (Lipinski definition) is 4. The first-order valence-electron chi connectivity index (χ1n) is 10.8. The predicted octanol–water partition coefficient (Wildman–Crippen LogP) is 2.75. The molecule has 0 aliphatic carbocycles. The zero-order valence-electron chi connectivity index (χ0n) is 17.0. The third-order valence-corrected chi connectivity index (χ3v) is 8.45. The van der Waals surface area contributed by atoms with Crippen LogP contribution in [0.4, 0.5) is 5.69 Å². The van der Waals surface area contributed by atoms with E-state index in [4.69, 9.17) is 0 Å². The van der Waals surface area contributed by atoms with Crippen LogP contribution in [0.1, 0.15) is 35.2 Å². The van der Waals surface area contributed by atoms with E-state index in [-0.39, 0.29) is 10.8 Å². The van der Waals surface area contributed by atoms with Crippen molar-refractivity contribution in [2.24, 2.45) is 0 Å². The van der Waals surface area contributed by atoms with Crippen molar-refractivity contribution in [2.75, 3.05) is 37.0 Å². The number of carbonyl (C=O) groups is 1. The summed E-state index contributed by atoms with van der Waals surface area (Å²) in [7, 11) is -3.70. The first kappa shape index (κ1) is 19.6. The zero-order valence-corrected chi connectivity index (χ0v) is 17.9. The molecule has 158 valence electrons. The molecule has 2 fully saturated rings. The smallest absolute Gasteiger partial charge is 0.264 e. The molecule has 6 nitrogen and oxygen atoms in total. The van der Waals surface area contributed by atoms with Crippen molar-refractivity contribution in [2.45, 2.75) is 36.6 Å². The minimum absolute atomic E-state index is 0.0703. The number of piperazine rings is 1. The molecule has 3 aliphatic rings. The van der Waals surface area contributed by atoms with Gasteiger partial charge in [-0.1, -0.05) is 30.7 Å². The highest BCUT2D eigenvalue weighted by molar-refractivity contribution is 7.92. The van der Waals surface area contributed by atoms with Gasteiger partial charge in [-0.25, -0.2) is 8.42 Å². The number of sulfonamides is 1. The van der Waals surface area contributed by atoms with Crippen molar-refractivity contribution in [3.8, 4) is 0 Å². The van der Waals surface area contributed by atoms with Crippen LogP contribution in [0, 0.1) is 0 Å². The SMILES string of the molecule is O=C(c1cccc(S(=O)(=O)N2CCc3ccccc32)c1)N1CCN2CCCCC2C1. The van der Waals surface area contributed by atoms with Crippen LogP contribution in [0.3, 0.4) is 0 Å². The van der Waals surface area contributed by atoms with Crippen LogP contribution in [0.15, 0.2) is 53.4 Å². The number of rotatable bonds is 3. The largest absolute Gasteiger partial charge is 0.336 e. The maximum atomic E-state index is 13.3. The molecule has 1 unspecified atom stereocenters. The lowest BCUT2D eigenvalue weighted by atomic mass is 9.99. The van der Waals surface area contributed by atoms with E-state index < -0.39 is 10.0 Å². The van der Waals surface area contributed by atoms with Crippen molar-refractivity contribution < 1.29 is 13.2 Å². The second kappa shape index (κ2) is 7.71. The Hall–Kier alpha value is -2.38. The maximum Gasteiger partial charge on any atom is 0.264 e. The Morgan fingerprint density at radius 1 is 0.933 bits per heavy atom. The van der Waals surface area contributed by atoms with Gasteiger partial charge in [0, 0.05) is 37.8 Å². The maximum absolute atomic E-state index is 13.3. The first-order valence-corrected chi connectivity index (χ1v) is 12.2. The summed E-state index contributed by atoms with van der Waals surface area (Å²) in [5, 5.41) is 0. The van der Waals surface area contributed by atoms with Crippen LogP contribution in [-0.2, 0) is 16.4 Å². The molecule has 0 radical (unpaired) electrons. The molecule has 30 heavy (non-hydrogen) atoms. The molecular formula is C23H27N3O3S. The molecule has 0 saturated carbocycles. The van der Waals surface area contributed by atoms with Gasteiger partial charge in [0.1, 0.15) is 0 Å². The summed E-state index contributed by atoms with van der Waals surface area (Å²) < 4.78 is 28.1. The second-order valence-corrected chi connectivity index (χ2v) is 10.3. The number of anilines is 1. The van der Waals surface area contributed by atoms with Gasteiger partial charge in [-0.2, -0.15) is 0 Å². The average Bonchev–Trinajstić information content (AvgIpc) is 3.23. The van der Waals surface area contributed by atoms with Gasteiger partial charge in [0.25, 0.3) is 15.9 Å². The fourth-order valence-electron chi connectivity index (χ4n) is 5.00. The Labute approximate surface area is 178 Å². The first-order chi connectivity index (χ1) is 14.5. The normalized spacial score (nSPS) is 21.9. The summed E-state index contributed by atoms with van der Waals surface area (Å²) in [4.78, 5) is 17.7. The average molecular weight is 426 g/mol. The molecule has 1 amide bonds. The molecule has 2 aromatic carbocycles. The fraction of sp³-hybridized carbons (Fsp3) is 0.435. The summed E-state index contributed by atoms with van der Waals surface area (Å²) in [6, 6.07) is 14.6. The summed E-state index contributed by atoms with van der Waals surface area (Å²) in [5.74, 6) is -0.0703. The Balaban J connectivity index is 1.38. The zero-order chi connectivity index (χ0) is 20.7. The highest BCUT2D eigenvalue weighted by Crippen LogP contribution is 2.33. The molecule has 1 atom stereocenters. The van der Waals surface area contributed by atoms with E-state index in [0.717, 1.165) is 37.3 Å². The quantitative estimate of drug-likeness (QED) is 0.759. The fourth-order valence-corrected chi connectivity index (χ4v) is 6.55. The Bertz CT molecular complexity index is 1070. The van der Waals surface area contributed by atoms with E-state index in [1.54, 1.807) is 24.3 Å². The molecule has 5 rings (SSSR count). The summed E-state index contributed by atoms with van der Waals surface area (Å²) in [6.07, 6.45) is 4.30. The number of amides is 1. The van der Waals surface area contributed by atoms with E-state index in [9.17, 15) is 13.2 Å². The van der Waals surface area contributed by atoms with Gasteiger partial charge in [0.2, 0.25) is 0 Å². The third-order valence-electron chi connectivity index (χ3n) is 6.64. The predicted molar refractivity (Wildman–Crippen MR) is 116 cm³/mol. The van der Waals surface area contributed by atoms with Crippen LogP contribution in [0.2, 0.25) is 0 Å². The topological polar surface area (TPSA) is 60.9 Å². The van der Waals surface area contributed by atoms with Crippen LogP contribution in [-0.4, -0.2) is 62.9 Å². The van der Waals surface area contributed by atoms with Crippen molar-refractivity contribution in [3.63, 3.8) is 0 Å². The van der Waals surface area contributed by atoms with E-state index in [0.29, 0.717) is 31.1 Å². The highest BCUT2D eigenvalue weighted by Gasteiger charge is 2.33. The van der Waals surface area contributed by atoms with Gasteiger partial charge < -0.3 is 4.90 Å². The molecule has 3 aliphatic heterocycles. The van der Waals surface area contributed by atoms with E-state index >= 15 is 0 Å². The van der Waals surface area contributed by atoms with Gasteiger partial charge >= 0.3 is 0 Å². The minimum atomic E-state index is -3.70. The molecule has 7 heteroatoms. The molecule has 0 spiro atoms. The number of carbonyl (C=O) groups excluding carboxylic acids is 1. The number of nitrogens with zero attached hydrogens (tertiary/aromatic N) is 3. The monoisotopic (exact) mass is 425 g/mol. The lowest BCUT2D eigenvalue weighted by Gasteiger charge is -2.44. The number of benzene rings is 2. The van der Waals surface area contributed by atoms with Crippen LogP contribution in [0.5, 0.6) is 0 Å². The van der Waals surface area contributed by atoms with Gasteiger partial charge in [0.05, 0.1) is 10.6 Å². The van der Waals surface area contributed by atoms with Crippen molar-refractivity contribution in [3.05, 3.63) is 59.7 Å². The molecule has 0 N–H and O–H groups in total. The lowest BCUT2D eigenvalue weighted by molar-refractivity contribution is 0.0372. The number of fused-ring (bicyclic) bond motifs is 2. The molecule has 3 heterocycles. The van der Waals surface area contributed by atoms with Crippen molar-refractivity contribution in [1.29, 1.82) is 0 Å². The lowest BCUT2D eigenvalue weighted by Crippen LogP contribution is -2.56. The van der Waals surface area contributed by atoms with Gasteiger partial charge in [-0.15, -0.1) is 0 Å². The van der Waals surface area contributed by atoms with Crippen LogP contribution >= 0.6 is 0 Å². The summed E-state index contributed by atoms with van der Waals surface area (Å²) in [5.41, 5.74) is 2.23. The Morgan fingerprint density at radius 2 is 1.80 bits per heavy atom. The second-order valence-electron chi connectivity index (χ2n) is 8.42. The number of para-hydroxylation sites is 1. The molecule has 0 bridgehead atoms. The minimum Gasteiger partial charge on any atom is -0.336 e. The van der Waals surface area contributed by atoms with E-state index in [2.05, 4.69) is 4.90 Å². The van der Waals surface area contributed by atoms with Gasteiger partial charge in [0.15, 0.2) is 0 Å². The molecule has 0 aromatic heterocycles. The highest BCUT2D eigenvalue weighted by atomic mass is 32.2. The number of hydrogen-bond donors (Lipinski definition) is 0. The van der Waals surface area contributed by atoms with Crippen molar-refractivity contribution >= 4 is 21.6 Å². The van der Waals surface area contributed by atoms with Crippen molar-refractivity contribution in [1.82, 2.24) is 9.80 Å². The van der Waals surface area contributed by atoms with E-state index in [1.165, 1.54) is 17.1 Å².